The van der Waals surface area contributed by atoms with Crippen LogP contribution in [0.4, 0.5) is 5.82 Å². The van der Waals surface area contributed by atoms with Crippen LogP contribution in [0.2, 0.25) is 5.02 Å². The summed E-state index contributed by atoms with van der Waals surface area (Å²) in [6, 6.07) is 4.61. The van der Waals surface area contributed by atoms with Gasteiger partial charge in [-0.25, -0.2) is 4.98 Å². The fourth-order valence-electron chi connectivity index (χ4n) is 3.01. The topological polar surface area (TPSA) is 28.2 Å². The first-order valence-corrected chi connectivity index (χ1v) is 8.25. The van der Waals surface area contributed by atoms with Crippen LogP contribution in [0.3, 0.4) is 0 Å². The first-order chi connectivity index (χ1) is 9.74. The van der Waals surface area contributed by atoms with E-state index in [-0.39, 0.29) is 0 Å². The molecule has 112 valence electrons. The lowest BCUT2D eigenvalue weighted by Gasteiger charge is -2.33. The van der Waals surface area contributed by atoms with Crippen molar-refractivity contribution in [2.45, 2.75) is 58.5 Å². The Balaban J connectivity index is 2.07. The Kier molecular flexibility index (Phi) is 6.11. The van der Waals surface area contributed by atoms with Gasteiger partial charge in [0.1, 0.15) is 5.82 Å². The minimum Gasteiger partial charge on any atom is -0.370 e. The van der Waals surface area contributed by atoms with Crippen LogP contribution in [-0.2, 0) is 6.54 Å². The van der Waals surface area contributed by atoms with E-state index in [4.69, 9.17) is 11.6 Å². The predicted octanol–water partition coefficient (Wildman–Crippen LogP) is 4.32. The molecule has 0 amide bonds. The van der Waals surface area contributed by atoms with Crippen molar-refractivity contribution in [1.82, 2.24) is 9.88 Å². The van der Waals surface area contributed by atoms with Crippen LogP contribution in [0.15, 0.2) is 12.1 Å². The van der Waals surface area contributed by atoms with Gasteiger partial charge in [0.05, 0.1) is 10.7 Å². The number of nitrogens with zero attached hydrogens (tertiary/aromatic N) is 2. The summed E-state index contributed by atoms with van der Waals surface area (Å²) in [5, 5.41) is 4.04. The van der Waals surface area contributed by atoms with Gasteiger partial charge in [0.25, 0.3) is 0 Å². The monoisotopic (exact) mass is 295 g/mol. The van der Waals surface area contributed by atoms with Crippen molar-refractivity contribution in [3.8, 4) is 0 Å². The molecule has 2 rings (SSSR count). The number of anilines is 1. The highest BCUT2D eigenvalue weighted by molar-refractivity contribution is 6.31. The minimum atomic E-state index is 0.703. The van der Waals surface area contributed by atoms with Gasteiger partial charge < -0.3 is 5.32 Å². The molecule has 4 heteroatoms. The summed E-state index contributed by atoms with van der Waals surface area (Å²) in [7, 11) is 0. The molecule has 1 aromatic rings. The zero-order valence-corrected chi connectivity index (χ0v) is 13.4. The summed E-state index contributed by atoms with van der Waals surface area (Å²) >= 11 is 6.32. The highest BCUT2D eigenvalue weighted by atomic mass is 35.5. The van der Waals surface area contributed by atoms with Crippen LogP contribution < -0.4 is 5.32 Å². The number of rotatable bonds is 6. The minimum absolute atomic E-state index is 0.703. The van der Waals surface area contributed by atoms with E-state index < -0.39 is 0 Å². The molecule has 0 aromatic carbocycles. The summed E-state index contributed by atoms with van der Waals surface area (Å²) < 4.78 is 0. The SMILES string of the molecule is CCNc1ccc(Cl)c(CN(CC)C2CCCCC2)n1. The van der Waals surface area contributed by atoms with E-state index in [2.05, 4.69) is 29.0 Å². The molecule has 0 unspecified atom stereocenters. The van der Waals surface area contributed by atoms with Gasteiger partial charge in [0.15, 0.2) is 0 Å². The maximum absolute atomic E-state index is 6.32. The maximum atomic E-state index is 6.32. The number of hydrogen-bond acceptors (Lipinski definition) is 3. The van der Waals surface area contributed by atoms with E-state index in [0.717, 1.165) is 36.2 Å². The van der Waals surface area contributed by atoms with Gasteiger partial charge in [0, 0.05) is 19.1 Å². The van der Waals surface area contributed by atoms with E-state index in [9.17, 15) is 0 Å². The number of nitrogens with one attached hydrogen (secondary N) is 1. The average molecular weight is 296 g/mol. The van der Waals surface area contributed by atoms with Crippen molar-refractivity contribution in [1.29, 1.82) is 0 Å². The van der Waals surface area contributed by atoms with Crippen molar-refractivity contribution in [3.63, 3.8) is 0 Å². The van der Waals surface area contributed by atoms with Crippen molar-refractivity contribution < 1.29 is 0 Å². The van der Waals surface area contributed by atoms with Crippen LogP contribution in [0.25, 0.3) is 0 Å². The Morgan fingerprint density at radius 3 is 2.65 bits per heavy atom. The quantitative estimate of drug-likeness (QED) is 0.847. The van der Waals surface area contributed by atoms with Gasteiger partial charge in [-0.15, -0.1) is 0 Å². The summed E-state index contributed by atoms with van der Waals surface area (Å²) in [4.78, 5) is 7.19. The molecule has 0 saturated heterocycles. The van der Waals surface area contributed by atoms with Gasteiger partial charge in [0.2, 0.25) is 0 Å². The molecule has 0 radical (unpaired) electrons. The third-order valence-electron chi connectivity index (χ3n) is 4.13. The maximum Gasteiger partial charge on any atom is 0.126 e. The van der Waals surface area contributed by atoms with Gasteiger partial charge in [-0.1, -0.05) is 37.8 Å². The third kappa shape index (κ3) is 4.10. The Hall–Kier alpha value is -0.800. The van der Waals surface area contributed by atoms with E-state index in [1.807, 2.05) is 12.1 Å². The summed E-state index contributed by atoms with van der Waals surface area (Å²) in [5.41, 5.74) is 0.998. The molecule has 1 aliphatic rings. The molecule has 1 aromatic heterocycles. The molecule has 0 bridgehead atoms. The van der Waals surface area contributed by atoms with E-state index in [1.54, 1.807) is 0 Å². The molecule has 0 aliphatic heterocycles. The molecule has 1 saturated carbocycles. The molecule has 20 heavy (non-hydrogen) atoms. The molecule has 3 nitrogen and oxygen atoms in total. The van der Waals surface area contributed by atoms with Crippen molar-refractivity contribution in [2.75, 3.05) is 18.4 Å². The lowest BCUT2D eigenvalue weighted by Crippen LogP contribution is -2.36. The average Bonchev–Trinajstić information content (AvgIpc) is 2.49. The summed E-state index contributed by atoms with van der Waals surface area (Å²) in [6.07, 6.45) is 6.75. The number of pyridine rings is 1. The third-order valence-corrected chi connectivity index (χ3v) is 4.47. The van der Waals surface area contributed by atoms with Crippen LogP contribution in [-0.4, -0.2) is 29.0 Å². The molecule has 0 atom stereocenters. The zero-order valence-electron chi connectivity index (χ0n) is 12.7. The smallest absolute Gasteiger partial charge is 0.126 e. The Bertz CT molecular complexity index is 416. The second kappa shape index (κ2) is 7.84. The fourth-order valence-corrected chi connectivity index (χ4v) is 3.18. The Morgan fingerprint density at radius 2 is 2.00 bits per heavy atom. The predicted molar refractivity (Wildman–Crippen MR) is 86.4 cm³/mol. The molecule has 1 aliphatic carbocycles. The van der Waals surface area contributed by atoms with Gasteiger partial charge in [-0.05, 0) is 38.4 Å². The summed E-state index contributed by atoms with van der Waals surface area (Å²) in [6.45, 7) is 7.12. The molecule has 1 N–H and O–H groups in total. The Labute approximate surface area is 127 Å². The van der Waals surface area contributed by atoms with Gasteiger partial charge in [-0.2, -0.15) is 0 Å². The molecular weight excluding hydrogens is 270 g/mol. The zero-order chi connectivity index (χ0) is 14.4. The Morgan fingerprint density at radius 1 is 1.25 bits per heavy atom. The van der Waals surface area contributed by atoms with E-state index in [1.165, 1.54) is 32.1 Å². The number of aromatic nitrogens is 1. The summed E-state index contributed by atoms with van der Waals surface area (Å²) in [5.74, 6) is 0.923. The van der Waals surface area contributed by atoms with Gasteiger partial charge >= 0.3 is 0 Å². The lowest BCUT2D eigenvalue weighted by atomic mass is 9.94. The molecular formula is C16H26ClN3. The number of hydrogen-bond donors (Lipinski definition) is 1. The highest BCUT2D eigenvalue weighted by Gasteiger charge is 2.21. The van der Waals surface area contributed by atoms with Crippen LogP contribution in [0.1, 0.15) is 51.6 Å². The molecule has 1 fully saturated rings. The number of halogens is 1. The van der Waals surface area contributed by atoms with Crippen molar-refractivity contribution in [2.24, 2.45) is 0 Å². The normalized spacial score (nSPS) is 16.6. The van der Waals surface area contributed by atoms with E-state index >= 15 is 0 Å². The van der Waals surface area contributed by atoms with Gasteiger partial charge in [-0.3, -0.25) is 4.90 Å². The van der Waals surface area contributed by atoms with Crippen LogP contribution in [0.5, 0.6) is 0 Å². The molecule has 1 heterocycles. The standard InChI is InChI=1S/C16H26ClN3/c1-3-18-16-11-10-14(17)15(19-16)12-20(4-2)13-8-6-5-7-9-13/h10-11,13H,3-9,12H2,1-2H3,(H,18,19). The first kappa shape index (κ1) is 15.6. The fraction of sp³-hybridized carbons (Fsp3) is 0.688. The lowest BCUT2D eigenvalue weighted by molar-refractivity contribution is 0.154. The van der Waals surface area contributed by atoms with Crippen molar-refractivity contribution in [3.05, 3.63) is 22.8 Å². The first-order valence-electron chi connectivity index (χ1n) is 7.88. The van der Waals surface area contributed by atoms with E-state index in [0.29, 0.717) is 6.04 Å². The highest BCUT2D eigenvalue weighted by Crippen LogP contribution is 2.25. The second-order valence-corrected chi connectivity index (χ2v) is 5.92. The largest absolute Gasteiger partial charge is 0.370 e. The van der Waals surface area contributed by atoms with Crippen molar-refractivity contribution >= 4 is 17.4 Å². The van der Waals surface area contributed by atoms with Crippen LogP contribution >= 0.6 is 11.6 Å². The molecule has 0 spiro atoms. The second-order valence-electron chi connectivity index (χ2n) is 5.51. The van der Waals surface area contributed by atoms with Crippen LogP contribution in [0, 0.1) is 0 Å².